The smallest absolute Gasteiger partial charge is 0.132 e. The van der Waals surface area contributed by atoms with Crippen LogP contribution in [0.15, 0.2) is 47.6 Å². The van der Waals surface area contributed by atoms with Crippen molar-refractivity contribution in [3.8, 4) is 11.5 Å². The van der Waals surface area contributed by atoms with Crippen molar-refractivity contribution in [1.82, 2.24) is 0 Å². The van der Waals surface area contributed by atoms with E-state index < -0.39 is 0 Å². The van der Waals surface area contributed by atoms with Gasteiger partial charge in [-0.15, -0.1) is 0 Å². The summed E-state index contributed by atoms with van der Waals surface area (Å²) in [6, 6.07) is 12.7. The van der Waals surface area contributed by atoms with Crippen LogP contribution in [0.2, 0.25) is 5.02 Å². The van der Waals surface area contributed by atoms with Crippen LogP contribution >= 0.6 is 11.6 Å². The Labute approximate surface area is 122 Å². The summed E-state index contributed by atoms with van der Waals surface area (Å²) >= 11 is 5.93. The Balaban J connectivity index is 2.18. The maximum Gasteiger partial charge on any atom is 0.132 e. The van der Waals surface area contributed by atoms with Crippen LogP contribution in [0.25, 0.3) is 0 Å². The van der Waals surface area contributed by atoms with E-state index in [1.807, 2.05) is 18.2 Å². The summed E-state index contributed by atoms with van der Waals surface area (Å²) < 4.78 is 10.9. The molecule has 0 aliphatic carbocycles. The molecule has 0 saturated carbocycles. The zero-order valence-corrected chi connectivity index (χ0v) is 11.7. The SMILES string of the molecule is COc1ccc(C=NO)c(OCc2cccc(Cl)c2)c1. The fourth-order valence-electron chi connectivity index (χ4n) is 1.72. The first-order valence-electron chi connectivity index (χ1n) is 5.95. The van der Waals surface area contributed by atoms with E-state index in [2.05, 4.69) is 5.16 Å². The highest BCUT2D eigenvalue weighted by atomic mass is 35.5. The lowest BCUT2D eigenvalue weighted by atomic mass is 10.2. The molecule has 0 radical (unpaired) electrons. The van der Waals surface area contributed by atoms with Gasteiger partial charge in [0, 0.05) is 16.7 Å². The van der Waals surface area contributed by atoms with E-state index in [4.69, 9.17) is 26.3 Å². The van der Waals surface area contributed by atoms with Crippen molar-refractivity contribution in [2.24, 2.45) is 5.16 Å². The van der Waals surface area contributed by atoms with Gasteiger partial charge in [0.25, 0.3) is 0 Å². The molecule has 0 aliphatic heterocycles. The molecular formula is C15H14ClNO3. The average Bonchev–Trinajstić information content (AvgIpc) is 2.46. The Morgan fingerprint density at radius 1 is 1.25 bits per heavy atom. The normalized spacial score (nSPS) is 10.7. The van der Waals surface area contributed by atoms with Gasteiger partial charge in [-0.3, -0.25) is 0 Å². The fraction of sp³-hybridized carbons (Fsp3) is 0.133. The monoisotopic (exact) mass is 291 g/mol. The molecule has 0 spiro atoms. The molecule has 2 aromatic rings. The Kier molecular flexibility index (Phi) is 4.85. The van der Waals surface area contributed by atoms with Crippen LogP contribution in [0.4, 0.5) is 0 Å². The number of benzene rings is 2. The van der Waals surface area contributed by atoms with E-state index in [0.717, 1.165) is 5.56 Å². The standard InChI is InChI=1S/C15H14ClNO3/c1-19-14-6-5-12(9-17-18)15(8-14)20-10-11-3-2-4-13(16)7-11/h2-9,18H,10H2,1H3. The number of halogens is 1. The molecule has 0 atom stereocenters. The number of methoxy groups -OCH3 is 1. The van der Waals surface area contributed by atoms with Crippen LogP contribution in [0.1, 0.15) is 11.1 Å². The van der Waals surface area contributed by atoms with E-state index >= 15 is 0 Å². The van der Waals surface area contributed by atoms with Gasteiger partial charge in [-0.25, -0.2) is 0 Å². The Morgan fingerprint density at radius 2 is 2.10 bits per heavy atom. The van der Waals surface area contributed by atoms with Crippen LogP contribution < -0.4 is 9.47 Å². The summed E-state index contributed by atoms with van der Waals surface area (Å²) in [5.74, 6) is 1.24. The molecule has 2 rings (SSSR count). The largest absolute Gasteiger partial charge is 0.497 e. The number of oxime groups is 1. The molecule has 0 aliphatic rings. The topological polar surface area (TPSA) is 51.0 Å². The molecule has 0 heterocycles. The lowest BCUT2D eigenvalue weighted by molar-refractivity contribution is 0.302. The average molecular weight is 292 g/mol. The second-order valence-electron chi connectivity index (χ2n) is 4.07. The van der Waals surface area contributed by atoms with E-state index in [0.29, 0.717) is 28.7 Å². The molecule has 104 valence electrons. The van der Waals surface area contributed by atoms with E-state index in [1.165, 1.54) is 6.21 Å². The highest BCUT2D eigenvalue weighted by Crippen LogP contribution is 2.25. The molecule has 0 fully saturated rings. The van der Waals surface area contributed by atoms with Gasteiger partial charge in [0.1, 0.15) is 18.1 Å². The first-order valence-corrected chi connectivity index (χ1v) is 6.33. The second kappa shape index (κ2) is 6.82. The van der Waals surface area contributed by atoms with E-state index in [-0.39, 0.29) is 0 Å². The third-order valence-electron chi connectivity index (χ3n) is 2.70. The third-order valence-corrected chi connectivity index (χ3v) is 2.94. The van der Waals surface area contributed by atoms with Gasteiger partial charge in [0.2, 0.25) is 0 Å². The highest BCUT2D eigenvalue weighted by Gasteiger charge is 2.05. The van der Waals surface area contributed by atoms with Crippen LogP contribution in [0.5, 0.6) is 11.5 Å². The lowest BCUT2D eigenvalue weighted by Crippen LogP contribution is -1.99. The first kappa shape index (κ1) is 14.2. The summed E-state index contributed by atoms with van der Waals surface area (Å²) in [5, 5.41) is 12.3. The predicted molar refractivity (Wildman–Crippen MR) is 78.2 cm³/mol. The number of nitrogens with zero attached hydrogens (tertiary/aromatic N) is 1. The first-order chi connectivity index (χ1) is 9.72. The van der Waals surface area contributed by atoms with Gasteiger partial charge in [0.15, 0.2) is 0 Å². The predicted octanol–water partition coefficient (Wildman–Crippen LogP) is 3.74. The second-order valence-corrected chi connectivity index (χ2v) is 4.50. The van der Waals surface area contributed by atoms with Gasteiger partial charge in [0.05, 0.1) is 13.3 Å². The van der Waals surface area contributed by atoms with Gasteiger partial charge in [-0.05, 0) is 29.8 Å². The summed E-state index contributed by atoms with van der Waals surface area (Å²) in [5.41, 5.74) is 1.61. The molecule has 1 N–H and O–H groups in total. The Morgan fingerprint density at radius 3 is 2.80 bits per heavy atom. The molecule has 0 bridgehead atoms. The van der Waals surface area contributed by atoms with Crippen LogP contribution in [0.3, 0.4) is 0 Å². The van der Waals surface area contributed by atoms with Crippen molar-refractivity contribution in [2.75, 3.05) is 7.11 Å². The van der Waals surface area contributed by atoms with Crippen LogP contribution in [-0.4, -0.2) is 18.5 Å². The van der Waals surface area contributed by atoms with Gasteiger partial charge < -0.3 is 14.7 Å². The Hall–Kier alpha value is -2.20. The molecule has 2 aromatic carbocycles. The third kappa shape index (κ3) is 3.65. The number of hydrogen-bond donors (Lipinski definition) is 1. The molecule has 4 nitrogen and oxygen atoms in total. The molecule has 0 unspecified atom stereocenters. The zero-order valence-electron chi connectivity index (χ0n) is 10.9. The maximum absolute atomic E-state index is 8.66. The quantitative estimate of drug-likeness (QED) is 0.519. The van der Waals surface area contributed by atoms with Crippen molar-refractivity contribution in [1.29, 1.82) is 0 Å². The summed E-state index contributed by atoms with van der Waals surface area (Å²) in [4.78, 5) is 0. The lowest BCUT2D eigenvalue weighted by Gasteiger charge is -2.10. The fourth-order valence-corrected chi connectivity index (χ4v) is 1.94. The molecule has 0 saturated heterocycles. The summed E-state index contributed by atoms with van der Waals surface area (Å²) in [6.45, 7) is 0.361. The Bertz CT molecular complexity index is 614. The van der Waals surface area contributed by atoms with Gasteiger partial charge in [-0.1, -0.05) is 28.9 Å². The minimum Gasteiger partial charge on any atom is -0.497 e. The molecular weight excluding hydrogens is 278 g/mol. The number of rotatable bonds is 5. The zero-order chi connectivity index (χ0) is 14.4. The van der Waals surface area contributed by atoms with Crippen molar-refractivity contribution >= 4 is 17.8 Å². The summed E-state index contributed by atoms with van der Waals surface area (Å²) in [6.07, 6.45) is 1.31. The van der Waals surface area contributed by atoms with E-state index in [1.54, 1.807) is 31.4 Å². The highest BCUT2D eigenvalue weighted by molar-refractivity contribution is 6.30. The van der Waals surface area contributed by atoms with E-state index in [9.17, 15) is 0 Å². The molecule has 0 amide bonds. The van der Waals surface area contributed by atoms with Crippen molar-refractivity contribution in [3.05, 3.63) is 58.6 Å². The minimum absolute atomic E-state index is 0.361. The summed E-state index contributed by atoms with van der Waals surface area (Å²) in [7, 11) is 1.58. The number of ether oxygens (including phenoxy) is 2. The van der Waals surface area contributed by atoms with Crippen LogP contribution in [-0.2, 0) is 6.61 Å². The molecule has 20 heavy (non-hydrogen) atoms. The van der Waals surface area contributed by atoms with Crippen molar-refractivity contribution < 1.29 is 14.7 Å². The van der Waals surface area contributed by atoms with Crippen molar-refractivity contribution in [3.63, 3.8) is 0 Å². The van der Waals surface area contributed by atoms with Crippen molar-refractivity contribution in [2.45, 2.75) is 6.61 Å². The van der Waals surface area contributed by atoms with Gasteiger partial charge >= 0.3 is 0 Å². The van der Waals surface area contributed by atoms with Crippen LogP contribution in [0, 0.1) is 0 Å². The molecule has 0 aromatic heterocycles. The van der Waals surface area contributed by atoms with Gasteiger partial charge in [-0.2, -0.15) is 0 Å². The molecule has 5 heteroatoms. The number of hydrogen-bond acceptors (Lipinski definition) is 4. The maximum atomic E-state index is 8.66. The minimum atomic E-state index is 0.361.